The molecule has 0 saturated heterocycles. The smallest absolute Gasteiger partial charge is 0.412 e. The van der Waals surface area contributed by atoms with Gasteiger partial charge in [-0.1, -0.05) is 12.1 Å². The molecular weight excluding hydrogens is 206 g/mol. The van der Waals surface area contributed by atoms with E-state index in [1.807, 2.05) is 0 Å². The van der Waals surface area contributed by atoms with Crippen LogP contribution in [0.3, 0.4) is 0 Å². The molecule has 0 unspecified atom stereocenters. The molecule has 0 bridgehead atoms. The van der Waals surface area contributed by atoms with Crippen LogP contribution in [0.5, 0.6) is 0 Å². The summed E-state index contributed by atoms with van der Waals surface area (Å²) in [6.45, 7) is 5.33. The van der Waals surface area contributed by atoms with Crippen molar-refractivity contribution in [3.63, 3.8) is 0 Å². The van der Waals surface area contributed by atoms with E-state index >= 15 is 0 Å². The fourth-order valence-electron chi connectivity index (χ4n) is 1.13. The van der Waals surface area contributed by atoms with Gasteiger partial charge in [-0.05, 0) is 32.9 Å². The van der Waals surface area contributed by atoms with Gasteiger partial charge in [0.2, 0.25) is 0 Å². The molecule has 0 saturated carbocycles. The molecule has 0 aliphatic heterocycles. The Labute approximate surface area is 94.6 Å². The molecule has 4 heteroatoms. The first-order chi connectivity index (χ1) is 7.42. The van der Waals surface area contributed by atoms with Crippen LogP contribution in [-0.2, 0) is 4.74 Å². The summed E-state index contributed by atoms with van der Waals surface area (Å²) in [4.78, 5) is 22.1. The summed E-state index contributed by atoms with van der Waals surface area (Å²) in [5.74, 6) is 0. The highest BCUT2D eigenvalue weighted by Crippen LogP contribution is 2.14. The van der Waals surface area contributed by atoms with Gasteiger partial charge in [-0.25, -0.2) is 4.79 Å². The van der Waals surface area contributed by atoms with Gasteiger partial charge in [-0.2, -0.15) is 0 Å². The minimum Gasteiger partial charge on any atom is -0.444 e. The van der Waals surface area contributed by atoms with Gasteiger partial charge in [0.25, 0.3) is 0 Å². The lowest BCUT2D eigenvalue weighted by Gasteiger charge is -2.19. The monoisotopic (exact) mass is 221 g/mol. The topological polar surface area (TPSA) is 55.4 Å². The van der Waals surface area contributed by atoms with Crippen LogP contribution >= 0.6 is 0 Å². The Kier molecular flexibility index (Phi) is 3.66. The highest BCUT2D eigenvalue weighted by molar-refractivity contribution is 5.93. The number of benzene rings is 1. The third kappa shape index (κ3) is 3.73. The van der Waals surface area contributed by atoms with Gasteiger partial charge in [0.05, 0.1) is 5.69 Å². The molecule has 1 N–H and O–H groups in total. The molecule has 0 radical (unpaired) electrons. The summed E-state index contributed by atoms with van der Waals surface area (Å²) in [6.07, 6.45) is 0.119. The van der Waals surface area contributed by atoms with Crippen LogP contribution in [-0.4, -0.2) is 18.0 Å². The van der Waals surface area contributed by atoms with Crippen molar-refractivity contribution in [1.29, 1.82) is 0 Å². The summed E-state index contributed by atoms with van der Waals surface area (Å²) in [5.41, 5.74) is 0.320. The summed E-state index contributed by atoms with van der Waals surface area (Å²) in [6, 6.07) is 6.73. The molecule has 1 aromatic carbocycles. The highest BCUT2D eigenvalue weighted by atomic mass is 16.6. The third-order valence-electron chi connectivity index (χ3n) is 1.72. The zero-order valence-corrected chi connectivity index (χ0v) is 9.61. The lowest BCUT2D eigenvalue weighted by molar-refractivity contribution is 0.0636. The highest BCUT2D eigenvalue weighted by Gasteiger charge is 2.16. The Balaban J connectivity index is 2.73. The van der Waals surface area contributed by atoms with E-state index in [2.05, 4.69) is 5.32 Å². The standard InChI is InChI=1S/C12H15NO3/c1-12(2,3)16-11(15)13-10-7-5-4-6-9(10)8-14/h4-8H,1-3H3,(H,13,15). The number of carbonyl (C=O) groups is 2. The minimum absolute atomic E-state index is 0.424. The summed E-state index contributed by atoms with van der Waals surface area (Å²) in [7, 11) is 0. The van der Waals surface area contributed by atoms with E-state index in [4.69, 9.17) is 4.74 Å². The van der Waals surface area contributed by atoms with Gasteiger partial charge in [0.15, 0.2) is 6.29 Å². The second kappa shape index (κ2) is 4.79. The lowest BCUT2D eigenvalue weighted by atomic mass is 10.2. The normalized spacial score (nSPS) is 10.7. The van der Waals surface area contributed by atoms with E-state index in [1.54, 1.807) is 45.0 Å². The molecular formula is C12H15NO3. The molecule has 0 aliphatic rings. The first kappa shape index (κ1) is 12.2. The number of hydrogen-bond donors (Lipinski definition) is 1. The van der Waals surface area contributed by atoms with E-state index in [9.17, 15) is 9.59 Å². The minimum atomic E-state index is -0.568. The van der Waals surface area contributed by atoms with Crippen molar-refractivity contribution in [2.24, 2.45) is 0 Å². The average molecular weight is 221 g/mol. The zero-order valence-electron chi connectivity index (χ0n) is 9.61. The van der Waals surface area contributed by atoms with Crippen molar-refractivity contribution in [2.75, 3.05) is 5.32 Å². The van der Waals surface area contributed by atoms with E-state index in [0.717, 1.165) is 0 Å². The van der Waals surface area contributed by atoms with Gasteiger partial charge in [-0.3, -0.25) is 10.1 Å². The maximum atomic E-state index is 11.4. The number of amides is 1. The average Bonchev–Trinajstić information content (AvgIpc) is 2.15. The van der Waals surface area contributed by atoms with Gasteiger partial charge in [0, 0.05) is 5.56 Å². The van der Waals surface area contributed by atoms with Crippen LogP contribution in [0, 0.1) is 0 Å². The number of nitrogens with one attached hydrogen (secondary N) is 1. The Morgan fingerprint density at radius 1 is 1.31 bits per heavy atom. The summed E-state index contributed by atoms with van der Waals surface area (Å²) >= 11 is 0. The molecule has 4 nitrogen and oxygen atoms in total. The first-order valence-electron chi connectivity index (χ1n) is 4.96. The van der Waals surface area contributed by atoms with Crippen molar-refractivity contribution >= 4 is 18.1 Å². The van der Waals surface area contributed by atoms with Gasteiger partial charge in [-0.15, -0.1) is 0 Å². The number of para-hydroxylation sites is 1. The number of rotatable bonds is 2. The second-order valence-corrected chi connectivity index (χ2v) is 4.33. The Hall–Kier alpha value is -1.84. The van der Waals surface area contributed by atoms with Crippen LogP contribution in [0.15, 0.2) is 24.3 Å². The van der Waals surface area contributed by atoms with Crippen molar-refractivity contribution in [3.05, 3.63) is 29.8 Å². The van der Waals surface area contributed by atoms with Gasteiger partial charge >= 0.3 is 6.09 Å². The first-order valence-corrected chi connectivity index (χ1v) is 4.96. The van der Waals surface area contributed by atoms with Crippen LogP contribution in [0.25, 0.3) is 0 Å². The van der Waals surface area contributed by atoms with Crippen LogP contribution in [0.4, 0.5) is 10.5 Å². The molecule has 0 aromatic heterocycles. The Morgan fingerprint density at radius 2 is 1.94 bits per heavy atom. The van der Waals surface area contributed by atoms with Crippen LogP contribution < -0.4 is 5.32 Å². The van der Waals surface area contributed by atoms with E-state index < -0.39 is 11.7 Å². The molecule has 1 amide bonds. The number of anilines is 1. The maximum Gasteiger partial charge on any atom is 0.412 e. The third-order valence-corrected chi connectivity index (χ3v) is 1.72. The van der Waals surface area contributed by atoms with Crippen molar-refractivity contribution in [2.45, 2.75) is 26.4 Å². The predicted octanol–water partition coefficient (Wildman–Crippen LogP) is 2.85. The lowest BCUT2D eigenvalue weighted by Crippen LogP contribution is -2.27. The molecule has 0 spiro atoms. The second-order valence-electron chi connectivity index (χ2n) is 4.33. The molecule has 0 heterocycles. The number of carbonyl (C=O) groups excluding carboxylic acids is 2. The quantitative estimate of drug-likeness (QED) is 0.781. The molecule has 86 valence electrons. The van der Waals surface area contributed by atoms with E-state index in [-0.39, 0.29) is 0 Å². The number of ether oxygens (including phenoxy) is 1. The largest absolute Gasteiger partial charge is 0.444 e. The maximum absolute atomic E-state index is 11.4. The molecule has 1 rings (SSSR count). The summed E-state index contributed by atoms with van der Waals surface area (Å²) in [5, 5.41) is 2.53. The van der Waals surface area contributed by atoms with Crippen LogP contribution in [0.1, 0.15) is 31.1 Å². The SMILES string of the molecule is CC(C)(C)OC(=O)Nc1ccccc1C=O. The number of hydrogen-bond acceptors (Lipinski definition) is 3. The van der Waals surface area contributed by atoms with Crippen LogP contribution in [0.2, 0.25) is 0 Å². The Morgan fingerprint density at radius 3 is 2.50 bits per heavy atom. The Bertz CT molecular complexity index is 393. The van der Waals surface area contributed by atoms with Gasteiger partial charge in [0.1, 0.15) is 5.60 Å². The predicted molar refractivity (Wildman–Crippen MR) is 61.7 cm³/mol. The molecule has 0 aliphatic carbocycles. The van der Waals surface area contributed by atoms with Crippen molar-refractivity contribution < 1.29 is 14.3 Å². The molecule has 0 fully saturated rings. The van der Waals surface area contributed by atoms with Crippen molar-refractivity contribution in [1.82, 2.24) is 0 Å². The van der Waals surface area contributed by atoms with E-state index in [0.29, 0.717) is 17.5 Å². The fraction of sp³-hybridized carbons (Fsp3) is 0.333. The molecule has 1 aromatic rings. The summed E-state index contributed by atoms with van der Waals surface area (Å²) < 4.78 is 5.08. The van der Waals surface area contributed by atoms with Gasteiger partial charge < -0.3 is 4.74 Å². The molecule has 0 atom stereocenters. The zero-order chi connectivity index (χ0) is 12.2. The van der Waals surface area contributed by atoms with E-state index in [1.165, 1.54) is 0 Å². The fourth-order valence-corrected chi connectivity index (χ4v) is 1.13. The number of aldehydes is 1. The van der Waals surface area contributed by atoms with Crippen molar-refractivity contribution in [3.8, 4) is 0 Å². The molecule has 16 heavy (non-hydrogen) atoms.